The fraction of sp³-hybridized carbons (Fsp3) is 0.750. The molecule has 0 aromatic carbocycles. The Morgan fingerprint density at radius 2 is 0.917 bits per heavy atom. The van der Waals surface area contributed by atoms with Gasteiger partial charge in [-0.25, -0.2) is 0 Å². The van der Waals surface area contributed by atoms with E-state index in [1.807, 2.05) is 0 Å². The molecule has 0 atom stereocenters. The lowest BCUT2D eigenvalue weighted by Gasteiger charge is -2.04. The van der Waals surface area contributed by atoms with Crippen LogP contribution >= 0.6 is 48.0 Å². The van der Waals surface area contributed by atoms with E-state index in [2.05, 4.69) is 0 Å². The maximum absolute atomic E-state index is 10.4. The van der Waals surface area contributed by atoms with E-state index >= 15 is 0 Å². The van der Waals surface area contributed by atoms with Gasteiger partial charge in [0, 0.05) is 8.39 Å². The van der Waals surface area contributed by atoms with Gasteiger partial charge in [0.15, 0.2) is 0 Å². The predicted molar refractivity (Wildman–Crippen MR) is 112 cm³/mol. The summed E-state index contributed by atoms with van der Waals surface area (Å²) in [5, 5.41) is 17.1. The number of carboxylic acids is 2. The minimum absolute atomic E-state index is 0.0666. The molecule has 0 aromatic rings. The van der Waals surface area contributed by atoms with Gasteiger partial charge in [0.2, 0.25) is 0 Å². The van der Waals surface area contributed by atoms with Crippen molar-refractivity contribution in [3.05, 3.63) is 0 Å². The molecule has 8 heteroatoms. The molecule has 0 rings (SSSR count). The molecule has 0 saturated heterocycles. The summed E-state index contributed by atoms with van der Waals surface area (Å²) in [7, 11) is 0. The van der Waals surface area contributed by atoms with Gasteiger partial charge in [0.1, 0.15) is 0 Å². The summed E-state index contributed by atoms with van der Waals surface area (Å²) in [4.78, 5) is 20.8. The van der Waals surface area contributed by atoms with Crippen LogP contribution in [0.5, 0.6) is 0 Å². The minimum atomic E-state index is -0.816. The Kier molecular flexibility index (Phi) is 16.2. The first-order chi connectivity index (χ1) is 11.4. The van der Waals surface area contributed by atoms with Crippen LogP contribution < -0.4 is 0 Å². The monoisotopic (exact) mass is 410 g/mol. The smallest absolute Gasteiger partial charge is 0.313 e. The number of unbranched alkanes of at least 4 members (excludes halogenated alkanes) is 7. The van der Waals surface area contributed by atoms with Crippen LogP contribution in [0.2, 0.25) is 0 Å². The first kappa shape index (κ1) is 23.8. The Hall–Kier alpha value is -0.180. The molecule has 0 amide bonds. The Morgan fingerprint density at radius 3 is 1.21 bits per heavy atom. The van der Waals surface area contributed by atoms with Gasteiger partial charge in [-0.1, -0.05) is 63.0 Å². The topological polar surface area (TPSA) is 74.6 Å². The molecule has 0 aromatic heterocycles. The van der Waals surface area contributed by atoms with E-state index < -0.39 is 11.9 Å². The second-order valence-corrected chi connectivity index (χ2v) is 9.08. The lowest BCUT2D eigenvalue weighted by atomic mass is 10.1. The molecular weight excluding hydrogens is 384 g/mol. The van der Waals surface area contributed by atoms with Crippen molar-refractivity contribution >= 4 is 68.3 Å². The summed E-state index contributed by atoms with van der Waals surface area (Å²) in [5.41, 5.74) is 0. The largest absolute Gasteiger partial charge is 0.481 e. The summed E-state index contributed by atoms with van der Waals surface area (Å²) in [6.07, 6.45) is 10.9. The van der Waals surface area contributed by atoms with Crippen LogP contribution in [0.25, 0.3) is 0 Å². The van der Waals surface area contributed by atoms with Gasteiger partial charge < -0.3 is 10.2 Å². The molecule has 0 bridgehead atoms. The number of hydrogen-bond acceptors (Lipinski definition) is 6. The third kappa shape index (κ3) is 18.2. The predicted octanol–water partition coefficient (Wildman–Crippen LogP) is 5.18. The molecule has 0 spiro atoms. The maximum atomic E-state index is 10.4. The number of hydrogen-bond donors (Lipinski definition) is 2. The molecule has 0 radical (unpaired) electrons. The van der Waals surface area contributed by atoms with Gasteiger partial charge >= 0.3 is 11.9 Å². The summed E-state index contributed by atoms with van der Waals surface area (Å²) < 4.78 is 1.60. The molecule has 4 nitrogen and oxygen atoms in total. The molecular formula is C16H26O4S4. The van der Waals surface area contributed by atoms with Crippen LogP contribution in [0.3, 0.4) is 0 Å². The number of thioether (sulfide) groups is 2. The van der Waals surface area contributed by atoms with Crippen LogP contribution in [0.15, 0.2) is 0 Å². The number of carbonyl (C=O) groups is 2. The van der Waals surface area contributed by atoms with Gasteiger partial charge in [-0.05, 0) is 25.7 Å². The molecule has 0 aliphatic carbocycles. The summed E-state index contributed by atoms with van der Waals surface area (Å²) in [6, 6.07) is 0. The SMILES string of the molecule is O=C(O)CSC(=S)CCCCCCCCCCC(=S)SCC(=O)O. The van der Waals surface area contributed by atoms with Gasteiger partial charge in [0.25, 0.3) is 0 Å². The van der Waals surface area contributed by atoms with E-state index in [1.54, 1.807) is 0 Å². The Morgan fingerprint density at radius 1 is 0.625 bits per heavy atom. The fourth-order valence-corrected chi connectivity index (χ4v) is 3.82. The summed E-state index contributed by atoms with van der Waals surface area (Å²) in [5.74, 6) is -1.50. The first-order valence-electron chi connectivity index (χ1n) is 8.16. The van der Waals surface area contributed by atoms with Gasteiger partial charge in [0.05, 0.1) is 11.5 Å². The van der Waals surface area contributed by atoms with Crippen molar-refractivity contribution in [3.63, 3.8) is 0 Å². The van der Waals surface area contributed by atoms with Crippen molar-refractivity contribution in [1.29, 1.82) is 0 Å². The lowest BCUT2D eigenvalue weighted by Crippen LogP contribution is -2.01. The van der Waals surface area contributed by atoms with Crippen LogP contribution in [0, 0.1) is 0 Å². The number of thiocarbonyl (C=S) groups is 2. The zero-order chi connectivity index (χ0) is 18.2. The molecule has 0 unspecified atom stereocenters. The maximum Gasteiger partial charge on any atom is 0.313 e. The van der Waals surface area contributed by atoms with Crippen molar-refractivity contribution in [3.8, 4) is 0 Å². The van der Waals surface area contributed by atoms with Crippen molar-refractivity contribution in [2.24, 2.45) is 0 Å². The zero-order valence-corrected chi connectivity index (χ0v) is 17.1. The molecule has 0 saturated carbocycles. The van der Waals surface area contributed by atoms with Crippen LogP contribution in [0.4, 0.5) is 0 Å². The van der Waals surface area contributed by atoms with Crippen LogP contribution in [-0.4, -0.2) is 42.1 Å². The van der Waals surface area contributed by atoms with Gasteiger partial charge in [-0.2, -0.15) is 0 Å². The molecule has 0 heterocycles. The Bertz CT molecular complexity index is 375. The standard InChI is InChI=1S/C16H26O4S4/c17-13(18)11-23-15(21)9-7-5-3-1-2-4-6-8-10-16(22)24-12-14(19)20/h1-12H2,(H,17,18)(H,19,20). The van der Waals surface area contributed by atoms with E-state index in [9.17, 15) is 9.59 Å². The van der Waals surface area contributed by atoms with Crippen molar-refractivity contribution < 1.29 is 19.8 Å². The molecule has 0 aliphatic heterocycles. The number of rotatable bonds is 15. The first-order valence-corrected chi connectivity index (χ1v) is 11.0. The molecule has 0 aliphatic rings. The van der Waals surface area contributed by atoms with Gasteiger partial charge in [-0.3, -0.25) is 9.59 Å². The number of aliphatic carboxylic acids is 2. The molecule has 2 N–H and O–H groups in total. The average molecular weight is 411 g/mol. The normalized spacial score (nSPS) is 10.5. The second-order valence-electron chi connectivity index (χ2n) is 5.44. The highest BCUT2D eigenvalue weighted by molar-refractivity contribution is 8.23. The summed E-state index contributed by atoms with van der Waals surface area (Å²) in [6.45, 7) is 0. The minimum Gasteiger partial charge on any atom is -0.481 e. The van der Waals surface area contributed by atoms with Gasteiger partial charge in [-0.15, -0.1) is 23.5 Å². The third-order valence-electron chi connectivity index (χ3n) is 3.23. The van der Waals surface area contributed by atoms with Crippen LogP contribution in [0.1, 0.15) is 64.2 Å². The van der Waals surface area contributed by atoms with E-state index in [1.165, 1.54) is 49.2 Å². The molecule has 24 heavy (non-hydrogen) atoms. The zero-order valence-electron chi connectivity index (χ0n) is 13.8. The van der Waals surface area contributed by atoms with Crippen LogP contribution in [-0.2, 0) is 9.59 Å². The Balaban J connectivity index is 3.28. The quantitative estimate of drug-likeness (QED) is 0.283. The summed E-state index contributed by atoms with van der Waals surface area (Å²) >= 11 is 12.8. The Labute approximate surface area is 163 Å². The van der Waals surface area contributed by atoms with E-state index in [0.29, 0.717) is 0 Å². The number of carboxylic acid groups (broad SMARTS) is 2. The lowest BCUT2D eigenvalue weighted by molar-refractivity contribution is -0.134. The van der Waals surface area contributed by atoms with Crippen molar-refractivity contribution in [2.75, 3.05) is 11.5 Å². The average Bonchev–Trinajstić information content (AvgIpc) is 2.52. The van der Waals surface area contributed by atoms with E-state index in [-0.39, 0.29) is 11.5 Å². The highest BCUT2D eigenvalue weighted by Crippen LogP contribution is 2.16. The molecule has 0 fully saturated rings. The van der Waals surface area contributed by atoms with Crippen molar-refractivity contribution in [1.82, 2.24) is 0 Å². The third-order valence-corrected chi connectivity index (χ3v) is 6.18. The highest BCUT2D eigenvalue weighted by atomic mass is 32.2. The fourth-order valence-electron chi connectivity index (χ4n) is 2.03. The van der Waals surface area contributed by atoms with E-state index in [4.69, 9.17) is 34.6 Å². The van der Waals surface area contributed by atoms with E-state index in [0.717, 1.165) is 46.9 Å². The molecule has 138 valence electrons. The van der Waals surface area contributed by atoms with Crippen molar-refractivity contribution in [2.45, 2.75) is 64.2 Å². The highest BCUT2D eigenvalue weighted by Gasteiger charge is 2.03. The second kappa shape index (κ2) is 16.3.